The zero-order valence-electron chi connectivity index (χ0n) is 12.8. The third-order valence-electron chi connectivity index (χ3n) is 3.51. The number of H-pyrrole nitrogens is 1. The fourth-order valence-electron chi connectivity index (χ4n) is 2.28. The Bertz CT molecular complexity index is 980. The second-order valence-electron chi connectivity index (χ2n) is 5.19. The van der Waals surface area contributed by atoms with Gasteiger partial charge in [0.2, 0.25) is 0 Å². The zero-order chi connectivity index (χ0) is 17.9. The Kier molecular flexibility index (Phi) is 4.44. The number of carbonyl (C=O) groups excluding carboxylic acids is 1. The van der Waals surface area contributed by atoms with Crippen molar-refractivity contribution in [1.29, 1.82) is 0 Å². The molecule has 1 amide bonds. The van der Waals surface area contributed by atoms with E-state index in [4.69, 9.17) is 0 Å². The van der Waals surface area contributed by atoms with Gasteiger partial charge in [-0.1, -0.05) is 30.0 Å². The standard InChI is InChI=1S/C18H12F3N3O/c19-18(20,21)17(25)24-11-14-4-2-1-3-12(14)5-6-13-7-9-22-16-15(13)8-10-23-16/h1-4,7-10H,11H2,(H,22,23)(H,24,25). The number of halogens is 3. The van der Waals surface area contributed by atoms with Crippen molar-refractivity contribution in [3.8, 4) is 11.8 Å². The number of aromatic amines is 1. The molecule has 3 aromatic rings. The van der Waals surface area contributed by atoms with Gasteiger partial charge in [0.05, 0.1) is 0 Å². The number of hydrogen-bond donors (Lipinski definition) is 2. The number of nitrogens with zero attached hydrogens (tertiary/aromatic N) is 1. The molecule has 2 N–H and O–H groups in total. The van der Waals surface area contributed by atoms with E-state index in [9.17, 15) is 18.0 Å². The van der Waals surface area contributed by atoms with Crippen molar-refractivity contribution in [2.45, 2.75) is 12.7 Å². The van der Waals surface area contributed by atoms with E-state index in [1.54, 1.807) is 42.7 Å². The molecule has 0 saturated carbocycles. The van der Waals surface area contributed by atoms with E-state index in [-0.39, 0.29) is 6.54 Å². The lowest BCUT2D eigenvalue weighted by atomic mass is 10.1. The molecule has 25 heavy (non-hydrogen) atoms. The maximum absolute atomic E-state index is 12.3. The predicted octanol–water partition coefficient (Wildman–Crippen LogP) is 3.14. The summed E-state index contributed by atoms with van der Waals surface area (Å²) < 4.78 is 36.9. The third kappa shape index (κ3) is 3.80. The quantitative estimate of drug-likeness (QED) is 0.703. The summed E-state index contributed by atoms with van der Waals surface area (Å²) in [6.07, 6.45) is -1.53. The van der Waals surface area contributed by atoms with Gasteiger partial charge in [-0.2, -0.15) is 13.2 Å². The van der Waals surface area contributed by atoms with Crippen molar-refractivity contribution in [3.05, 3.63) is 65.5 Å². The monoisotopic (exact) mass is 343 g/mol. The summed E-state index contributed by atoms with van der Waals surface area (Å²) in [5.74, 6) is 3.98. The van der Waals surface area contributed by atoms with Gasteiger partial charge in [-0.25, -0.2) is 4.98 Å². The van der Waals surface area contributed by atoms with Crippen LogP contribution >= 0.6 is 0 Å². The van der Waals surface area contributed by atoms with E-state index in [1.165, 1.54) is 0 Å². The second-order valence-corrected chi connectivity index (χ2v) is 5.19. The number of amides is 1. The van der Waals surface area contributed by atoms with Gasteiger partial charge in [0.15, 0.2) is 0 Å². The minimum absolute atomic E-state index is 0.251. The lowest BCUT2D eigenvalue weighted by Gasteiger charge is -2.09. The van der Waals surface area contributed by atoms with Crippen LogP contribution in [0.3, 0.4) is 0 Å². The Hall–Kier alpha value is -3.27. The molecule has 0 bridgehead atoms. The average Bonchev–Trinajstić information content (AvgIpc) is 3.07. The Labute approximate surface area is 141 Å². The second kappa shape index (κ2) is 6.69. The smallest absolute Gasteiger partial charge is 0.346 e. The highest BCUT2D eigenvalue weighted by molar-refractivity contribution is 5.83. The Balaban J connectivity index is 1.85. The van der Waals surface area contributed by atoms with Gasteiger partial charge >= 0.3 is 12.1 Å². The summed E-state index contributed by atoms with van der Waals surface area (Å²) in [4.78, 5) is 18.1. The molecule has 0 saturated heterocycles. The van der Waals surface area contributed by atoms with Gasteiger partial charge in [-0.3, -0.25) is 4.79 Å². The fourth-order valence-corrected chi connectivity index (χ4v) is 2.28. The molecule has 4 nitrogen and oxygen atoms in total. The normalized spacial score (nSPS) is 11.0. The predicted molar refractivity (Wildman–Crippen MR) is 86.4 cm³/mol. The van der Waals surface area contributed by atoms with Crippen LogP contribution in [0, 0.1) is 11.8 Å². The van der Waals surface area contributed by atoms with Gasteiger partial charge in [-0.15, -0.1) is 0 Å². The van der Waals surface area contributed by atoms with Crippen molar-refractivity contribution in [1.82, 2.24) is 15.3 Å². The minimum atomic E-state index is -4.91. The van der Waals surface area contributed by atoms with E-state index >= 15 is 0 Å². The van der Waals surface area contributed by atoms with E-state index in [2.05, 4.69) is 21.8 Å². The van der Waals surface area contributed by atoms with E-state index in [0.29, 0.717) is 16.8 Å². The number of hydrogen-bond acceptors (Lipinski definition) is 2. The van der Waals surface area contributed by atoms with Crippen LogP contribution in [0.15, 0.2) is 48.8 Å². The molecule has 2 aromatic heterocycles. The Morgan fingerprint density at radius 2 is 1.88 bits per heavy atom. The minimum Gasteiger partial charge on any atom is -0.346 e. The first-order valence-electron chi connectivity index (χ1n) is 7.32. The van der Waals surface area contributed by atoms with Crippen LogP contribution in [0.5, 0.6) is 0 Å². The molecule has 0 aliphatic heterocycles. The molecule has 0 fully saturated rings. The summed E-state index contributed by atoms with van der Waals surface area (Å²) >= 11 is 0. The highest BCUT2D eigenvalue weighted by Gasteiger charge is 2.38. The molecular weight excluding hydrogens is 331 g/mol. The molecule has 0 atom stereocenters. The topological polar surface area (TPSA) is 57.8 Å². The maximum Gasteiger partial charge on any atom is 0.471 e. The molecular formula is C18H12F3N3O. The fraction of sp³-hybridized carbons (Fsp3) is 0.111. The molecule has 0 unspecified atom stereocenters. The summed E-state index contributed by atoms with van der Waals surface area (Å²) in [5, 5.41) is 2.72. The molecule has 3 rings (SSSR count). The molecule has 7 heteroatoms. The number of nitrogens with one attached hydrogen (secondary N) is 2. The summed E-state index contributed by atoms with van der Waals surface area (Å²) in [6.45, 7) is -0.251. The molecule has 0 spiro atoms. The van der Waals surface area contributed by atoms with Crippen LogP contribution in [0.2, 0.25) is 0 Å². The highest BCUT2D eigenvalue weighted by atomic mass is 19.4. The van der Waals surface area contributed by atoms with Gasteiger partial charge in [0.25, 0.3) is 0 Å². The number of fused-ring (bicyclic) bond motifs is 1. The number of benzene rings is 1. The van der Waals surface area contributed by atoms with Gasteiger partial charge in [0, 0.05) is 35.5 Å². The SMILES string of the molecule is O=C(NCc1ccccc1C#Cc1ccnc2[nH]ccc12)C(F)(F)F. The lowest BCUT2D eigenvalue weighted by molar-refractivity contribution is -0.173. The van der Waals surface area contributed by atoms with Crippen molar-refractivity contribution in [2.24, 2.45) is 0 Å². The summed E-state index contributed by atoms with van der Waals surface area (Å²) in [5.41, 5.74) is 2.51. The van der Waals surface area contributed by atoms with Crippen molar-refractivity contribution in [2.75, 3.05) is 0 Å². The molecule has 2 heterocycles. The van der Waals surface area contributed by atoms with E-state index in [1.807, 2.05) is 11.4 Å². The van der Waals surface area contributed by atoms with Crippen LogP contribution in [0.4, 0.5) is 13.2 Å². The molecule has 0 radical (unpaired) electrons. The first-order valence-corrected chi connectivity index (χ1v) is 7.32. The number of rotatable bonds is 2. The van der Waals surface area contributed by atoms with Crippen LogP contribution in [0.25, 0.3) is 11.0 Å². The van der Waals surface area contributed by atoms with Crippen LogP contribution in [0.1, 0.15) is 16.7 Å². The van der Waals surface area contributed by atoms with E-state index in [0.717, 1.165) is 10.9 Å². The summed E-state index contributed by atoms with van der Waals surface area (Å²) in [7, 11) is 0. The summed E-state index contributed by atoms with van der Waals surface area (Å²) in [6, 6.07) is 10.3. The lowest BCUT2D eigenvalue weighted by Crippen LogP contribution is -2.36. The van der Waals surface area contributed by atoms with Crippen LogP contribution < -0.4 is 5.32 Å². The molecule has 1 aromatic carbocycles. The number of pyridine rings is 1. The molecule has 126 valence electrons. The first kappa shape index (κ1) is 16.6. The van der Waals surface area contributed by atoms with Crippen molar-refractivity contribution >= 4 is 16.9 Å². The first-order chi connectivity index (χ1) is 11.9. The molecule has 0 aliphatic rings. The Morgan fingerprint density at radius 1 is 1.12 bits per heavy atom. The van der Waals surface area contributed by atoms with Crippen LogP contribution in [-0.4, -0.2) is 22.1 Å². The number of alkyl halides is 3. The van der Waals surface area contributed by atoms with Crippen LogP contribution in [-0.2, 0) is 11.3 Å². The average molecular weight is 343 g/mol. The van der Waals surface area contributed by atoms with Gasteiger partial charge in [-0.05, 0) is 23.8 Å². The zero-order valence-corrected chi connectivity index (χ0v) is 12.8. The van der Waals surface area contributed by atoms with Gasteiger partial charge < -0.3 is 10.3 Å². The highest BCUT2D eigenvalue weighted by Crippen LogP contribution is 2.16. The largest absolute Gasteiger partial charge is 0.471 e. The van der Waals surface area contributed by atoms with Crippen molar-refractivity contribution in [3.63, 3.8) is 0 Å². The number of carbonyl (C=O) groups is 1. The van der Waals surface area contributed by atoms with E-state index < -0.39 is 12.1 Å². The molecule has 0 aliphatic carbocycles. The number of aromatic nitrogens is 2. The third-order valence-corrected chi connectivity index (χ3v) is 3.51. The maximum atomic E-state index is 12.3. The Morgan fingerprint density at radius 3 is 2.68 bits per heavy atom. The van der Waals surface area contributed by atoms with Gasteiger partial charge in [0.1, 0.15) is 5.65 Å². The van der Waals surface area contributed by atoms with Crippen molar-refractivity contribution < 1.29 is 18.0 Å².